The fourth-order valence-corrected chi connectivity index (χ4v) is 0.750. The highest BCUT2D eigenvalue weighted by molar-refractivity contribution is 4.58. The molecular weight excluding hydrogens is 110 g/mol. The Balaban J connectivity index is 0. The van der Waals surface area contributed by atoms with Crippen molar-refractivity contribution in [2.24, 2.45) is 11.1 Å². The molecule has 0 aliphatic carbocycles. The summed E-state index contributed by atoms with van der Waals surface area (Å²) in [7, 11) is 1.50. The van der Waals surface area contributed by atoms with E-state index in [4.69, 9.17) is 0 Å². The average Bonchev–Trinajstić information content (AvgIpc) is 1.69. The average molecular weight is 131 g/mol. The van der Waals surface area contributed by atoms with Gasteiger partial charge in [-0.3, -0.25) is 0 Å². The van der Waals surface area contributed by atoms with Gasteiger partial charge in [0, 0.05) is 0 Å². The van der Waals surface area contributed by atoms with E-state index in [1.165, 1.54) is 19.9 Å². The fraction of sp³-hybridized carbons (Fsp3) is 1.00. The molecule has 0 aliphatic rings. The molecule has 0 aromatic heterocycles. The molecule has 1 heteroatoms. The highest BCUT2D eigenvalue weighted by atomic mass is 14.4. The Hall–Kier alpha value is -0.0400. The maximum Gasteiger partial charge on any atom is -0.0195 e. The Morgan fingerprint density at radius 1 is 1.11 bits per heavy atom. The first-order valence-electron chi connectivity index (χ1n) is 3.64. The van der Waals surface area contributed by atoms with Crippen molar-refractivity contribution in [1.29, 1.82) is 0 Å². The van der Waals surface area contributed by atoms with E-state index >= 15 is 0 Å². The summed E-state index contributed by atoms with van der Waals surface area (Å²) in [6.45, 7) is 9.05. The van der Waals surface area contributed by atoms with Crippen LogP contribution in [-0.4, -0.2) is 7.05 Å². The largest absolute Gasteiger partial charge is 0.333 e. The maximum atomic E-state index is 4.50. The summed E-state index contributed by atoms with van der Waals surface area (Å²) in [5.41, 5.74) is 5.05. The van der Waals surface area contributed by atoms with Crippen LogP contribution in [0.15, 0.2) is 0 Å². The van der Waals surface area contributed by atoms with Crippen LogP contribution in [0.2, 0.25) is 0 Å². The summed E-state index contributed by atoms with van der Waals surface area (Å²) in [6, 6.07) is 0. The first-order chi connectivity index (χ1) is 4.06. The Morgan fingerprint density at radius 2 is 1.44 bits per heavy atom. The number of nitrogens with two attached hydrogens (primary N) is 1. The van der Waals surface area contributed by atoms with E-state index in [-0.39, 0.29) is 0 Å². The second-order valence-electron chi connectivity index (χ2n) is 3.31. The zero-order valence-corrected chi connectivity index (χ0v) is 7.49. The first kappa shape index (κ1) is 11.7. The summed E-state index contributed by atoms with van der Waals surface area (Å²) in [5, 5.41) is 0. The van der Waals surface area contributed by atoms with Crippen molar-refractivity contribution < 1.29 is 0 Å². The molecule has 0 aliphatic heterocycles. The molecule has 0 unspecified atom stereocenters. The van der Waals surface area contributed by atoms with Gasteiger partial charge in [-0.15, -0.1) is 0 Å². The van der Waals surface area contributed by atoms with Crippen molar-refractivity contribution in [3.05, 3.63) is 0 Å². The zero-order valence-electron chi connectivity index (χ0n) is 7.49. The standard InChI is InChI=1S/C7H16.CH5N/c1-5-6-7(2,3)4;1-2/h5-6H2,1-4H3;2H2,1H3. The number of hydrogen-bond donors (Lipinski definition) is 1. The van der Waals surface area contributed by atoms with Gasteiger partial charge in [-0.2, -0.15) is 0 Å². The van der Waals surface area contributed by atoms with Crippen LogP contribution in [0.5, 0.6) is 0 Å². The van der Waals surface area contributed by atoms with E-state index in [0.29, 0.717) is 5.41 Å². The van der Waals surface area contributed by atoms with Crippen molar-refractivity contribution in [2.45, 2.75) is 40.5 Å². The van der Waals surface area contributed by atoms with Gasteiger partial charge in [-0.05, 0) is 18.9 Å². The van der Waals surface area contributed by atoms with Gasteiger partial charge in [-0.25, -0.2) is 0 Å². The Morgan fingerprint density at radius 3 is 1.44 bits per heavy atom. The van der Waals surface area contributed by atoms with Crippen LogP contribution in [0, 0.1) is 5.41 Å². The summed E-state index contributed by atoms with van der Waals surface area (Å²) in [4.78, 5) is 0. The molecular formula is C8H21N. The number of rotatable bonds is 1. The second-order valence-corrected chi connectivity index (χ2v) is 3.31. The van der Waals surface area contributed by atoms with Gasteiger partial charge in [0.2, 0.25) is 0 Å². The molecule has 0 radical (unpaired) electrons. The van der Waals surface area contributed by atoms with E-state index in [1.54, 1.807) is 0 Å². The minimum Gasteiger partial charge on any atom is -0.333 e. The third kappa shape index (κ3) is 18.0. The molecule has 9 heavy (non-hydrogen) atoms. The van der Waals surface area contributed by atoms with Crippen molar-refractivity contribution in [1.82, 2.24) is 0 Å². The van der Waals surface area contributed by atoms with E-state index in [1.807, 2.05) is 0 Å². The predicted octanol–water partition coefficient (Wildman–Crippen LogP) is 2.41. The van der Waals surface area contributed by atoms with Gasteiger partial charge in [0.25, 0.3) is 0 Å². The molecule has 0 bridgehead atoms. The van der Waals surface area contributed by atoms with Crippen molar-refractivity contribution in [2.75, 3.05) is 7.05 Å². The van der Waals surface area contributed by atoms with E-state index in [2.05, 4.69) is 33.4 Å². The smallest absolute Gasteiger partial charge is 0.0195 e. The third-order valence-corrected chi connectivity index (χ3v) is 1.000. The molecule has 1 nitrogen and oxygen atoms in total. The van der Waals surface area contributed by atoms with Crippen LogP contribution in [0.25, 0.3) is 0 Å². The van der Waals surface area contributed by atoms with E-state index < -0.39 is 0 Å². The fourth-order valence-electron chi connectivity index (χ4n) is 0.750. The van der Waals surface area contributed by atoms with E-state index in [0.717, 1.165) is 0 Å². The Kier molecular flexibility index (Phi) is 7.92. The van der Waals surface area contributed by atoms with E-state index in [9.17, 15) is 0 Å². The highest BCUT2D eigenvalue weighted by Crippen LogP contribution is 2.19. The van der Waals surface area contributed by atoms with Gasteiger partial charge < -0.3 is 5.73 Å². The van der Waals surface area contributed by atoms with Crippen LogP contribution >= 0.6 is 0 Å². The van der Waals surface area contributed by atoms with Gasteiger partial charge in [0.05, 0.1) is 0 Å². The van der Waals surface area contributed by atoms with Gasteiger partial charge in [0.15, 0.2) is 0 Å². The first-order valence-corrected chi connectivity index (χ1v) is 3.64. The van der Waals surface area contributed by atoms with Crippen LogP contribution in [0.1, 0.15) is 40.5 Å². The maximum absolute atomic E-state index is 4.50. The Bertz CT molecular complexity index is 43.0. The van der Waals surface area contributed by atoms with Crippen molar-refractivity contribution >= 4 is 0 Å². The molecule has 0 amide bonds. The van der Waals surface area contributed by atoms with Gasteiger partial charge in [-0.1, -0.05) is 34.1 Å². The molecule has 2 N–H and O–H groups in total. The molecule has 0 aromatic rings. The molecule has 0 spiro atoms. The van der Waals surface area contributed by atoms with Crippen LogP contribution < -0.4 is 5.73 Å². The topological polar surface area (TPSA) is 26.0 Å². The summed E-state index contributed by atoms with van der Waals surface area (Å²) in [5.74, 6) is 0. The summed E-state index contributed by atoms with van der Waals surface area (Å²) < 4.78 is 0. The molecule has 0 fully saturated rings. The summed E-state index contributed by atoms with van der Waals surface area (Å²) >= 11 is 0. The lowest BCUT2D eigenvalue weighted by molar-refractivity contribution is 0.373. The molecule has 0 rings (SSSR count). The normalized spacial score (nSPS) is 10.0. The second kappa shape index (κ2) is 6.09. The Labute approximate surface area is 59.6 Å². The predicted molar refractivity (Wildman–Crippen MR) is 44.5 cm³/mol. The molecule has 0 heterocycles. The SMILES string of the molecule is CCCC(C)(C)C.CN. The molecule has 58 valence electrons. The third-order valence-electron chi connectivity index (χ3n) is 1.000. The lowest BCUT2D eigenvalue weighted by atomic mass is 9.91. The van der Waals surface area contributed by atoms with Gasteiger partial charge in [0.1, 0.15) is 0 Å². The lowest BCUT2D eigenvalue weighted by Crippen LogP contribution is -2.02. The van der Waals surface area contributed by atoms with Gasteiger partial charge >= 0.3 is 0 Å². The minimum absolute atomic E-state index is 0.550. The minimum atomic E-state index is 0.550. The molecule has 0 saturated carbocycles. The van der Waals surface area contributed by atoms with Crippen LogP contribution in [0.3, 0.4) is 0 Å². The monoisotopic (exact) mass is 131 g/mol. The lowest BCUT2D eigenvalue weighted by Gasteiger charge is -2.15. The summed E-state index contributed by atoms with van der Waals surface area (Å²) in [6.07, 6.45) is 2.65. The quantitative estimate of drug-likeness (QED) is 0.581. The highest BCUT2D eigenvalue weighted by Gasteiger charge is 2.06. The number of hydrogen-bond acceptors (Lipinski definition) is 1. The van der Waals surface area contributed by atoms with Crippen LogP contribution in [0.4, 0.5) is 0 Å². The molecule has 0 aromatic carbocycles. The van der Waals surface area contributed by atoms with Crippen molar-refractivity contribution in [3.8, 4) is 0 Å². The molecule has 0 atom stereocenters. The van der Waals surface area contributed by atoms with Crippen molar-refractivity contribution in [3.63, 3.8) is 0 Å². The zero-order chi connectivity index (χ0) is 7.91. The van der Waals surface area contributed by atoms with Crippen LogP contribution in [-0.2, 0) is 0 Å². The molecule has 0 saturated heterocycles.